The summed E-state index contributed by atoms with van der Waals surface area (Å²) in [5.74, 6) is 0.611. The van der Waals surface area contributed by atoms with Crippen LogP contribution in [0.4, 0.5) is 4.39 Å². The van der Waals surface area contributed by atoms with Crippen molar-refractivity contribution in [3.8, 4) is 22.1 Å². The molecule has 2 aromatic heterocycles. The first-order valence-corrected chi connectivity index (χ1v) is 7.65. The maximum Gasteiger partial charge on any atom is 0.186 e. The molecule has 108 valence electrons. The van der Waals surface area contributed by atoms with E-state index in [1.165, 1.54) is 17.2 Å². The summed E-state index contributed by atoms with van der Waals surface area (Å²) in [5, 5.41) is 6.71. The van der Waals surface area contributed by atoms with Crippen LogP contribution in [0.2, 0.25) is 5.02 Å². The number of rotatable bonds is 2. The van der Waals surface area contributed by atoms with Gasteiger partial charge in [0, 0.05) is 7.05 Å². The second-order valence-corrected chi connectivity index (χ2v) is 6.14. The molecule has 3 nitrogen and oxygen atoms in total. The van der Waals surface area contributed by atoms with E-state index in [1.54, 1.807) is 35.2 Å². The van der Waals surface area contributed by atoms with Gasteiger partial charge in [0.1, 0.15) is 5.82 Å². The van der Waals surface area contributed by atoms with Gasteiger partial charge in [-0.2, -0.15) is 5.10 Å². The van der Waals surface area contributed by atoms with Crippen molar-refractivity contribution in [2.75, 3.05) is 0 Å². The minimum Gasteiger partial charge on any atom is -0.248 e. The van der Waals surface area contributed by atoms with Crippen LogP contribution < -0.4 is 0 Å². The number of aryl methyl sites for hydroxylation is 2. The molecule has 0 aliphatic heterocycles. The molecule has 0 atom stereocenters. The first-order chi connectivity index (χ1) is 9.99. The first-order valence-electron chi connectivity index (χ1n) is 6.39. The topological polar surface area (TPSA) is 30.7 Å². The Kier molecular flexibility index (Phi) is 3.55. The molecule has 0 amide bonds. The summed E-state index contributed by atoms with van der Waals surface area (Å²) in [7, 11) is 1.80. The van der Waals surface area contributed by atoms with Crippen molar-refractivity contribution in [3.05, 3.63) is 45.5 Å². The largest absolute Gasteiger partial charge is 0.248 e. The Bertz CT molecular complexity index is 802. The third-order valence-corrected chi connectivity index (χ3v) is 4.95. The van der Waals surface area contributed by atoms with E-state index in [-0.39, 0.29) is 5.56 Å². The number of halogens is 2. The smallest absolute Gasteiger partial charge is 0.186 e. The summed E-state index contributed by atoms with van der Waals surface area (Å²) in [4.78, 5) is 5.53. The van der Waals surface area contributed by atoms with Crippen LogP contribution in [0, 0.1) is 19.7 Å². The summed E-state index contributed by atoms with van der Waals surface area (Å²) in [6.45, 7) is 4.10. The maximum atomic E-state index is 14.0. The van der Waals surface area contributed by atoms with Crippen LogP contribution >= 0.6 is 22.9 Å². The van der Waals surface area contributed by atoms with Crippen LogP contribution in [-0.4, -0.2) is 14.8 Å². The van der Waals surface area contributed by atoms with Gasteiger partial charge < -0.3 is 0 Å². The first kappa shape index (κ1) is 14.2. The van der Waals surface area contributed by atoms with E-state index in [1.807, 2.05) is 6.92 Å². The van der Waals surface area contributed by atoms with Crippen LogP contribution in [0.1, 0.15) is 11.1 Å². The number of hydrogen-bond donors (Lipinski definition) is 0. The highest BCUT2D eigenvalue weighted by Gasteiger charge is 2.19. The van der Waals surface area contributed by atoms with Crippen LogP contribution in [-0.2, 0) is 7.05 Å². The zero-order valence-electron chi connectivity index (χ0n) is 11.8. The number of nitrogens with zero attached hydrogens (tertiary/aromatic N) is 3. The van der Waals surface area contributed by atoms with Gasteiger partial charge in [-0.15, -0.1) is 11.3 Å². The van der Waals surface area contributed by atoms with E-state index in [4.69, 9.17) is 11.6 Å². The molecule has 0 fully saturated rings. The SMILES string of the molecule is Cc1csc(-c2nc(-c3c(F)cccc3Cl)nn2C)c1C. The second-order valence-electron chi connectivity index (χ2n) is 4.85. The fourth-order valence-corrected chi connectivity index (χ4v) is 3.46. The average molecular weight is 322 g/mol. The van der Waals surface area contributed by atoms with Crippen molar-refractivity contribution in [1.82, 2.24) is 14.8 Å². The predicted molar refractivity (Wildman–Crippen MR) is 84.2 cm³/mol. The molecule has 0 aliphatic rings. The second kappa shape index (κ2) is 5.24. The minimum absolute atomic E-state index is 0.243. The van der Waals surface area contributed by atoms with E-state index in [2.05, 4.69) is 22.4 Å². The summed E-state index contributed by atoms with van der Waals surface area (Å²) >= 11 is 7.69. The molecule has 2 heterocycles. The molecule has 0 radical (unpaired) electrons. The molecule has 0 aliphatic carbocycles. The maximum absolute atomic E-state index is 14.0. The lowest BCUT2D eigenvalue weighted by molar-refractivity contribution is 0.629. The molecule has 1 aromatic carbocycles. The van der Waals surface area contributed by atoms with Gasteiger partial charge in [-0.05, 0) is 42.5 Å². The van der Waals surface area contributed by atoms with Gasteiger partial charge in [-0.25, -0.2) is 14.1 Å². The molecule has 0 unspecified atom stereocenters. The molecule has 0 saturated carbocycles. The van der Waals surface area contributed by atoms with Gasteiger partial charge in [0.2, 0.25) is 0 Å². The summed E-state index contributed by atoms with van der Waals surface area (Å²) in [6, 6.07) is 4.56. The van der Waals surface area contributed by atoms with Crippen molar-refractivity contribution >= 4 is 22.9 Å². The molecular formula is C15H13ClFN3S. The standard InChI is InChI=1S/C15H13ClFN3S/c1-8-7-21-13(9(8)2)15-18-14(19-20(15)3)12-10(16)5-4-6-11(12)17/h4-7H,1-3H3. The predicted octanol–water partition coefficient (Wildman–Crippen LogP) is 4.62. The number of aromatic nitrogens is 3. The zero-order chi connectivity index (χ0) is 15.1. The van der Waals surface area contributed by atoms with E-state index >= 15 is 0 Å². The zero-order valence-corrected chi connectivity index (χ0v) is 13.4. The van der Waals surface area contributed by atoms with E-state index < -0.39 is 5.82 Å². The lowest BCUT2D eigenvalue weighted by Crippen LogP contribution is -1.94. The van der Waals surface area contributed by atoms with Gasteiger partial charge in [0.05, 0.1) is 15.5 Å². The summed E-state index contributed by atoms with van der Waals surface area (Å²) in [5.41, 5.74) is 2.62. The average Bonchev–Trinajstić information content (AvgIpc) is 2.94. The Labute approximate surface area is 131 Å². The monoisotopic (exact) mass is 321 g/mol. The Morgan fingerprint density at radius 2 is 2.05 bits per heavy atom. The lowest BCUT2D eigenvalue weighted by atomic mass is 10.2. The summed E-state index contributed by atoms with van der Waals surface area (Å²) < 4.78 is 15.7. The molecule has 0 N–H and O–H groups in total. The van der Waals surface area contributed by atoms with Crippen LogP contribution in [0.25, 0.3) is 22.1 Å². The van der Waals surface area contributed by atoms with Crippen molar-refractivity contribution < 1.29 is 4.39 Å². The molecule has 21 heavy (non-hydrogen) atoms. The van der Waals surface area contributed by atoms with Crippen LogP contribution in [0.3, 0.4) is 0 Å². The van der Waals surface area contributed by atoms with E-state index in [0.29, 0.717) is 10.8 Å². The Hall–Kier alpha value is -1.72. The number of thiophene rings is 1. The Morgan fingerprint density at radius 1 is 1.29 bits per heavy atom. The summed E-state index contributed by atoms with van der Waals surface area (Å²) in [6.07, 6.45) is 0. The van der Waals surface area contributed by atoms with Crippen molar-refractivity contribution in [1.29, 1.82) is 0 Å². The Balaban J connectivity index is 2.17. The molecule has 0 saturated heterocycles. The van der Waals surface area contributed by atoms with E-state index in [9.17, 15) is 4.39 Å². The number of benzene rings is 1. The van der Waals surface area contributed by atoms with Gasteiger partial charge in [0.15, 0.2) is 11.6 Å². The number of hydrogen-bond acceptors (Lipinski definition) is 3. The highest BCUT2D eigenvalue weighted by molar-refractivity contribution is 7.13. The van der Waals surface area contributed by atoms with Crippen LogP contribution in [0.5, 0.6) is 0 Å². The normalized spacial score (nSPS) is 11.1. The fourth-order valence-electron chi connectivity index (χ4n) is 2.12. The lowest BCUT2D eigenvalue weighted by Gasteiger charge is -2.00. The van der Waals surface area contributed by atoms with Gasteiger partial charge in [0.25, 0.3) is 0 Å². The van der Waals surface area contributed by atoms with Crippen molar-refractivity contribution in [2.45, 2.75) is 13.8 Å². The van der Waals surface area contributed by atoms with Crippen molar-refractivity contribution in [2.24, 2.45) is 7.05 Å². The van der Waals surface area contributed by atoms with Gasteiger partial charge in [-0.1, -0.05) is 17.7 Å². The van der Waals surface area contributed by atoms with Crippen molar-refractivity contribution in [3.63, 3.8) is 0 Å². The quantitative estimate of drug-likeness (QED) is 0.689. The highest BCUT2D eigenvalue weighted by atomic mass is 35.5. The van der Waals surface area contributed by atoms with Gasteiger partial charge in [-0.3, -0.25) is 0 Å². The van der Waals surface area contributed by atoms with Crippen LogP contribution in [0.15, 0.2) is 23.6 Å². The molecule has 0 bridgehead atoms. The molecule has 6 heteroatoms. The third kappa shape index (κ3) is 2.36. The Morgan fingerprint density at radius 3 is 2.67 bits per heavy atom. The van der Waals surface area contributed by atoms with E-state index in [0.717, 1.165) is 10.7 Å². The fraction of sp³-hybridized carbons (Fsp3) is 0.200. The minimum atomic E-state index is -0.418. The molecule has 3 rings (SSSR count). The highest BCUT2D eigenvalue weighted by Crippen LogP contribution is 2.34. The van der Waals surface area contributed by atoms with Gasteiger partial charge >= 0.3 is 0 Å². The third-order valence-electron chi connectivity index (χ3n) is 3.44. The molecular weight excluding hydrogens is 309 g/mol. The molecule has 0 spiro atoms. The molecule has 3 aromatic rings.